The van der Waals surface area contributed by atoms with Crippen LogP contribution >= 0.6 is 0 Å². The quantitative estimate of drug-likeness (QED) is 0.0628. The molecular weight excluding hydrogens is 889 g/mol. The van der Waals surface area contributed by atoms with E-state index in [0.717, 1.165) is 16.0 Å². The van der Waals surface area contributed by atoms with E-state index in [2.05, 4.69) is 15.6 Å². The van der Waals surface area contributed by atoms with Crippen LogP contribution in [0.1, 0.15) is 94.4 Å². The maximum atomic E-state index is 14.1. The van der Waals surface area contributed by atoms with Crippen molar-refractivity contribution in [3.8, 4) is 23.0 Å². The zero-order valence-electron chi connectivity index (χ0n) is 40.0. The predicted molar refractivity (Wildman–Crippen MR) is 258 cm³/mol. The number of aliphatic hydroxyl groups is 2. The molecule has 0 spiro atoms. The number of nitrogens with one attached hydrogen (secondary N) is 3. The van der Waals surface area contributed by atoms with E-state index in [9.17, 15) is 29.4 Å². The molecule has 3 aromatic rings. The molecule has 0 radical (unpaired) electrons. The van der Waals surface area contributed by atoms with Gasteiger partial charge in [0.05, 0.1) is 56.5 Å². The fraction of sp³-hybridized carbons (Fsp3) is 0.440. The summed E-state index contributed by atoms with van der Waals surface area (Å²) in [4.78, 5) is 62.2. The molecule has 6 unspecified atom stereocenters. The Kier molecular flexibility index (Phi) is 15.3. The highest BCUT2D eigenvalue weighted by atomic mass is 16.6. The molecule has 7 rings (SSSR count). The van der Waals surface area contributed by atoms with Gasteiger partial charge in [0.2, 0.25) is 11.8 Å². The van der Waals surface area contributed by atoms with Crippen LogP contribution in [0, 0.1) is 11.3 Å². The number of nitrogens with zero attached hydrogens (tertiary/aromatic N) is 4. The lowest BCUT2D eigenvalue weighted by Crippen LogP contribution is -2.50. The second-order valence-electron chi connectivity index (χ2n) is 18.2. The monoisotopic (exact) mass is 950 g/mol. The van der Waals surface area contributed by atoms with Crippen LogP contribution in [0.25, 0.3) is 0 Å². The van der Waals surface area contributed by atoms with Crippen LogP contribution in [-0.2, 0) is 20.9 Å². The Hall–Kier alpha value is -6.96. The number of fused-ring (bicyclic) bond motifs is 4. The zero-order chi connectivity index (χ0) is 49.7. The van der Waals surface area contributed by atoms with Crippen LogP contribution < -0.4 is 40.2 Å². The molecule has 0 saturated heterocycles. The van der Waals surface area contributed by atoms with Crippen molar-refractivity contribution in [3.05, 3.63) is 88.8 Å². The summed E-state index contributed by atoms with van der Waals surface area (Å²) in [5, 5.41) is 36.7. The van der Waals surface area contributed by atoms with Crippen LogP contribution in [0.5, 0.6) is 23.0 Å². The number of benzene rings is 3. The number of amides is 4. The molecule has 4 aliphatic rings. The fourth-order valence-corrected chi connectivity index (χ4v) is 8.70. The number of carbonyl (C=O) groups excluding carboxylic acids is 4. The van der Waals surface area contributed by atoms with Gasteiger partial charge < -0.3 is 65.5 Å². The number of ether oxygens (including phenoxy) is 5. The van der Waals surface area contributed by atoms with Gasteiger partial charge in [0.15, 0.2) is 35.5 Å². The normalized spacial score (nSPS) is 21.1. The number of hydrogen-bond donors (Lipinski definition) is 6. The van der Waals surface area contributed by atoms with E-state index in [1.165, 1.54) is 37.5 Å². The number of rotatable bonds is 18. The third-order valence-electron chi connectivity index (χ3n) is 12.7. The summed E-state index contributed by atoms with van der Waals surface area (Å²) < 4.78 is 29.4. The maximum Gasteiger partial charge on any atom is 0.416 e. The molecule has 0 aliphatic carbocycles. The maximum absolute atomic E-state index is 14.1. The van der Waals surface area contributed by atoms with Gasteiger partial charge >= 0.3 is 6.09 Å². The SMILES string of the molecule is COc1cc2c(cc1OCCCCCOc1cc3c(cc1OC)C(=O)N1C=C(C)CC1C(O)N3C(=O)OCc1ccc(NC(=O)C(C)NC(=O)C(N)C(C)C)cc1)N=CC1(C=N)CC(C)=CN1C2O. The molecule has 0 bridgehead atoms. The molecule has 19 nitrogen and oxygen atoms in total. The molecule has 4 aliphatic heterocycles. The molecule has 0 saturated carbocycles. The predicted octanol–water partition coefficient (Wildman–Crippen LogP) is 6.06. The standard InChI is InChI=1S/C50H62N8O11/c1-28(2)43(52)45(60)54-31(5)44(59)55-33-13-11-32(12-14-33)25-69-49(64)58-37-21-42(40(66-7)19-35(37)46(61)56-23-29(3)17-38(56)48(58)63)68-16-10-8-9-15-67-41-20-36-34(18-39(41)65-6)47(62)57-24-30(4)22-50(57,26-51)27-53-36/h11-14,18-21,23-24,26-28,31,38,43,47-48,51,62-63H,8-10,15-17,22,25,52H2,1-7H3,(H,54,60)(H,55,59). The van der Waals surface area contributed by atoms with Gasteiger partial charge in [0, 0.05) is 54.6 Å². The largest absolute Gasteiger partial charge is 0.493 e. The Morgan fingerprint density at radius 1 is 0.913 bits per heavy atom. The van der Waals surface area contributed by atoms with E-state index >= 15 is 0 Å². The number of methoxy groups -OCH3 is 2. The highest BCUT2D eigenvalue weighted by molar-refractivity contribution is 6.06. The minimum absolute atomic E-state index is 0.0855. The number of hydrogen-bond acceptors (Lipinski definition) is 15. The van der Waals surface area contributed by atoms with E-state index in [0.29, 0.717) is 72.7 Å². The molecule has 7 N–H and O–H groups in total. The Labute approximate surface area is 401 Å². The van der Waals surface area contributed by atoms with Crippen molar-refractivity contribution in [1.29, 1.82) is 5.41 Å². The van der Waals surface area contributed by atoms with Gasteiger partial charge in [-0.15, -0.1) is 0 Å². The molecule has 19 heteroatoms. The average molecular weight is 951 g/mol. The highest BCUT2D eigenvalue weighted by Gasteiger charge is 2.46. The number of unbranched alkanes of at least 4 members (excludes halogenated alkanes) is 2. The summed E-state index contributed by atoms with van der Waals surface area (Å²) in [6.07, 6.45) is 5.91. The number of anilines is 2. The molecule has 0 fully saturated rings. The Morgan fingerprint density at radius 3 is 2.23 bits per heavy atom. The molecule has 3 aromatic carbocycles. The van der Waals surface area contributed by atoms with Gasteiger partial charge in [-0.25, -0.2) is 9.69 Å². The van der Waals surface area contributed by atoms with Crippen molar-refractivity contribution in [2.45, 2.75) is 109 Å². The second-order valence-corrected chi connectivity index (χ2v) is 18.2. The third kappa shape index (κ3) is 10.5. The summed E-state index contributed by atoms with van der Waals surface area (Å²) in [5.74, 6) is 0.0237. The van der Waals surface area contributed by atoms with Gasteiger partial charge in [-0.1, -0.05) is 37.1 Å². The lowest BCUT2D eigenvalue weighted by Gasteiger charge is -2.35. The minimum Gasteiger partial charge on any atom is -0.493 e. The van der Waals surface area contributed by atoms with Crippen molar-refractivity contribution >= 4 is 53.3 Å². The van der Waals surface area contributed by atoms with Crippen LogP contribution in [0.2, 0.25) is 0 Å². The van der Waals surface area contributed by atoms with E-state index in [-0.39, 0.29) is 41.9 Å². The number of aliphatic hydroxyl groups excluding tert-OH is 2. The van der Waals surface area contributed by atoms with Crippen molar-refractivity contribution in [3.63, 3.8) is 0 Å². The first-order chi connectivity index (χ1) is 33.0. The Bertz CT molecular complexity index is 2550. The molecule has 69 heavy (non-hydrogen) atoms. The summed E-state index contributed by atoms with van der Waals surface area (Å²) in [5.41, 5.74) is 9.21. The van der Waals surface area contributed by atoms with Crippen molar-refractivity contribution in [2.24, 2.45) is 16.6 Å². The minimum atomic E-state index is -1.49. The first-order valence-corrected chi connectivity index (χ1v) is 23.0. The van der Waals surface area contributed by atoms with Gasteiger partial charge in [-0.2, -0.15) is 0 Å². The number of aliphatic imine (C=N–C) groups is 1. The molecule has 0 aromatic heterocycles. The first kappa shape index (κ1) is 49.9. The fourth-order valence-electron chi connectivity index (χ4n) is 8.70. The average Bonchev–Trinajstić information content (AvgIpc) is 3.85. The topological polar surface area (TPSA) is 251 Å². The lowest BCUT2D eigenvalue weighted by atomic mass is 9.96. The summed E-state index contributed by atoms with van der Waals surface area (Å²) >= 11 is 0. The molecule has 6 atom stereocenters. The van der Waals surface area contributed by atoms with Gasteiger partial charge in [0.25, 0.3) is 5.91 Å². The van der Waals surface area contributed by atoms with Crippen LogP contribution in [-0.4, -0.2) is 114 Å². The van der Waals surface area contributed by atoms with Crippen molar-refractivity contribution in [1.82, 2.24) is 15.1 Å². The Balaban J connectivity index is 0.979. The summed E-state index contributed by atoms with van der Waals surface area (Å²) in [6, 6.07) is 10.7. The molecular formula is C50H62N8O11. The van der Waals surface area contributed by atoms with E-state index in [4.69, 9.17) is 34.8 Å². The van der Waals surface area contributed by atoms with Crippen molar-refractivity contribution < 1.29 is 53.1 Å². The molecule has 368 valence electrons. The number of nitrogens with two attached hydrogens (primary N) is 1. The van der Waals surface area contributed by atoms with Crippen LogP contribution in [0.4, 0.5) is 21.9 Å². The van der Waals surface area contributed by atoms with Crippen LogP contribution in [0.3, 0.4) is 0 Å². The molecule has 4 heterocycles. The number of carbonyl (C=O) groups is 4. The Morgan fingerprint density at radius 2 is 1.58 bits per heavy atom. The molecule has 4 amide bonds. The smallest absolute Gasteiger partial charge is 0.416 e. The summed E-state index contributed by atoms with van der Waals surface area (Å²) in [7, 11) is 2.98. The van der Waals surface area contributed by atoms with E-state index < -0.39 is 59.9 Å². The third-order valence-corrected chi connectivity index (χ3v) is 12.7. The zero-order valence-corrected chi connectivity index (χ0v) is 40.0. The van der Waals surface area contributed by atoms with Gasteiger partial charge in [-0.3, -0.25) is 19.4 Å². The van der Waals surface area contributed by atoms with Gasteiger partial charge in [-0.05, 0) is 82.2 Å². The van der Waals surface area contributed by atoms with Crippen molar-refractivity contribution in [2.75, 3.05) is 37.7 Å². The van der Waals surface area contributed by atoms with E-state index in [1.54, 1.807) is 60.6 Å². The van der Waals surface area contributed by atoms with E-state index in [1.807, 2.05) is 33.9 Å². The van der Waals surface area contributed by atoms with Crippen LogP contribution in [0.15, 0.2) is 77.1 Å². The lowest BCUT2D eigenvalue weighted by molar-refractivity contribution is -0.127. The second kappa shape index (κ2) is 21.1. The summed E-state index contributed by atoms with van der Waals surface area (Å²) in [6.45, 7) is 9.38. The van der Waals surface area contributed by atoms with Gasteiger partial charge in [0.1, 0.15) is 18.2 Å². The highest BCUT2D eigenvalue weighted by Crippen LogP contribution is 2.46. The first-order valence-electron chi connectivity index (χ1n) is 23.0.